The average Bonchev–Trinajstić information content (AvgIpc) is 3.23. The van der Waals surface area contributed by atoms with Gasteiger partial charge in [0.1, 0.15) is 22.3 Å². The highest BCUT2D eigenvalue weighted by atomic mass is 35.5. The molecule has 3 heterocycles. The maximum atomic E-state index is 13.3. The van der Waals surface area contributed by atoms with Crippen molar-refractivity contribution in [1.82, 2.24) is 25.1 Å². The van der Waals surface area contributed by atoms with Gasteiger partial charge in [0.2, 0.25) is 5.95 Å². The van der Waals surface area contributed by atoms with Crippen LogP contribution in [0.5, 0.6) is 5.75 Å². The Kier molecular flexibility index (Phi) is 9.08. The number of allylic oxidation sites excluding steroid dienone is 1. The number of halogens is 1. The number of aromatic amines is 1. The van der Waals surface area contributed by atoms with E-state index in [1.54, 1.807) is 60.9 Å². The number of ether oxygens (including phenoxy) is 3. The lowest BCUT2D eigenvalue weighted by atomic mass is 10.0. The van der Waals surface area contributed by atoms with Crippen LogP contribution in [0, 0.1) is 13.8 Å². The first-order chi connectivity index (χ1) is 18.6. The number of nitrogens with one attached hydrogen (secondary N) is 1. The van der Waals surface area contributed by atoms with Gasteiger partial charge in [0.25, 0.3) is 0 Å². The summed E-state index contributed by atoms with van der Waals surface area (Å²) in [7, 11) is 1.58. The number of amides is 2. The molecule has 0 bridgehead atoms. The van der Waals surface area contributed by atoms with Crippen molar-refractivity contribution in [2.45, 2.75) is 84.8 Å². The van der Waals surface area contributed by atoms with Gasteiger partial charge in [0, 0.05) is 17.3 Å². The third-order valence-corrected chi connectivity index (χ3v) is 6.03. The van der Waals surface area contributed by atoms with Gasteiger partial charge in [-0.25, -0.2) is 14.6 Å². The molecule has 1 unspecified atom stereocenters. The summed E-state index contributed by atoms with van der Waals surface area (Å²) < 4.78 is 16.6. The van der Waals surface area contributed by atoms with Crippen LogP contribution in [-0.4, -0.2) is 55.6 Å². The minimum Gasteiger partial charge on any atom is -0.496 e. The number of carbonyl (C=O) groups excluding carboxylic acids is 2. The summed E-state index contributed by atoms with van der Waals surface area (Å²) in [4.78, 5) is 41.0. The molecule has 0 saturated heterocycles. The molecule has 2 amide bonds. The SMILES string of the molecule is C=CCCc1n[nH]c2nc(N(C(=O)OC(C)(C)C)C(=O)OC(C)(C)C)nc(C(Cl)c3ncc(C)c(OC)c3C)c12. The normalized spacial score (nSPS) is 12.7. The van der Waals surface area contributed by atoms with Gasteiger partial charge in [-0.3, -0.25) is 10.1 Å². The Morgan fingerprint density at radius 3 is 2.20 bits per heavy atom. The number of fused-ring (bicyclic) bond motifs is 1. The van der Waals surface area contributed by atoms with E-state index in [9.17, 15) is 9.59 Å². The van der Waals surface area contributed by atoms with Crippen molar-refractivity contribution in [2.24, 2.45) is 0 Å². The number of H-pyrrole nitrogens is 1. The number of carbonyl (C=O) groups is 2. The van der Waals surface area contributed by atoms with Crippen LogP contribution in [0.15, 0.2) is 18.9 Å². The lowest BCUT2D eigenvalue weighted by molar-refractivity contribution is 0.0427. The molecule has 0 aliphatic rings. The van der Waals surface area contributed by atoms with Crippen LogP contribution >= 0.6 is 11.6 Å². The molecule has 40 heavy (non-hydrogen) atoms. The number of nitrogens with zero attached hydrogens (tertiary/aromatic N) is 5. The summed E-state index contributed by atoms with van der Waals surface area (Å²) in [5.74, 6) is 0.358. The summed E-state index contributed by atoms with van der Waals surface area (Å²) >= 11 is 7.09. The van der Waals surface area contributed by atoms with Crippen LogP contribution in [0.25, 0.3) is 11.0 Å². The Hall–Kier alpha value is -3.73. The number of hydrogen-bond donors (Lipinski definition) is 1. The summed E-state index contributed by atoms with van der Waals surface area (Å²) in [5, 5.41) is 6.95. The topological polar surface area (TPSA) is 132 Å². The fourth-order valence-corrected chi connectivity index (χ4v) is 4.37. The Balaban J connectivity index is 2.30. The second kappa shape index (κ2) is 11.8. The molecule has 0 aliphatic carbocycles. The second-order valence-electron chi connectivity index (χ2n) is 11.3. The molecule has 0 aromatic carbocycles. The number of aromatic nitrogens is 5. The van der Waals surface area contributed by atoms with Gasteiger partial charge < -0.3 is 14.2 Å². The standard InChI is InChI=1S/C28H37ClN6O5/c1-11-12-13-17-18-21(19(29)20-16(3)22(38-10)15(2)14-30-20)31-24(32-23(18)34-33-17)35(25(36)39-27(4,5)6)26(37)40-28(7,8)9/h11,14,19H,1,12-13H2,2-10H3,(H,31,32,33,34). The Bertz CT molecular complexity index is 1400. The Morgan fingerprint density at radius 2 is 1.68 bits per heavy atom. The first-order valence-electron chi connectivity index (χ1n) is 12.8. The van der Waals surface area contributed by atoms with E-state index in [1.165, 1.54) is 0 Å². The van der Waals surface area contributed by atoms with Gasteiger partial charge in [-0.1, -0.05) is 6.08 Å². The quantitative estimate of drug-likeness (QED) is 0.249. The lowest BCUT2D eigenvalue weighted by Crippen LogP contribution is -2.44. The molecule has 0 radical (unpaired) electrons. The maximum absolute atomic E-state index is 13.3. The van der Waals surface area contributed by atoms with Crippen molar-refractivity contribution in [1.29, 1.82) is 0 Å². The summed E-state index contributed by atoms with van der Waals surface area (Å²) in [6, 6.07) is 0. The third-order valence-electron chi connectivity index (χ3n) is 5.61. The first-order valence-corrected chi connectivity index (χ1v) is 13.3. The number of anilines is 1. The average molecular weight is 573 g/mol. The molecule has 3 aromatic heterocycles. The van der Waals surface area contributed by atoms with E-state index in [-0.39, 0.29) is 11.6 Å². The van der Waals surface area contributed by atoms with E-state index in [0.29, 0.717) is 46.0 Å². The van der Waals surface area contributed by atoms with Gasteiger partial charge >= 0.3 is 12.2 Å². The van der Waals surface area contributed by atoms with Crippen molar-refractivity contribution >= 4 is 40.8 Å². The van der Waals surface area contributed by atoms with Crippen LogP contribution in [0.3, 0.4) is 0 Å². The van der Waals surface area contributed by atoms with Gasteiger partial charge in [-0.15, -0.1) is 23.1 Å². The fourth-order valence-electron chi connectivity index (χ4n) is 4.00. The number of imide groups is 1. The number of rotatable bonds is 7. The van der Waals surface area contributed by atoms with Gasteiger partial charge in [0.05, 0.1) is 29.6 Å². The van der Waals surface area contributed by atoms with Crippen molar-refractivity contribution < 1.29 is 23.8 Å². The van der Waals surface area contributed by atoms with Crippen LogP contribution < -0.4 is 9.64 Å². The molecule has 216 valence electrons. The monoisotopic (exact) mass is 572 g/mol. The molecule has 1 N–H and O–H groups in total. The number of methoxy groups -OCH3 is 1. The molecular weight excluding hydrogens is 536 g/mol. The van der Waals surface area contributed by atoms with Gasteiger partial charge in [-0.05, 0) is 68.2 Å². The number of hydrogen-bond acceptors (Lipinski definition) is 9. The number of aryl methyl sites for hydroxylation is 2. The van der Waals surface area contributed by atoms with Crippen LogP contribution in [0.2, 0.25) is 0 Å². The number of pyridine rings is 1. The van der Waals surface area contributed by atoms with E-state index in [4.69, 9.17) is 25.8 Å². The van der Waals surface area contributed by atoms with E-state index in [2.05, 4.69) is 31.7 Å². The summed E-state index contributed by atoms with van der Waals surface area (Å²) in [5.41, 5.74) is 1.47. The van der Waals surface area contributed by atoms with E-state index in [0.717, 1.165) is 11.1 Å². The Morgan fingerprint density at radius 1 is 1.07 bits per heavy atom. The van der Waals surface area contributed by atoms with Crippen LogP contribution in [0.1, 0.15) is 81.5 Å². The van der Waals surface area contributed by atoms with Crippen LogP contribution in [0.4, 0.5) is 15.5 Å². The smallest absolute Gasteiger partial charge is 0.427 e. The zero-order valence-corrected chi connectivity index (χ0v) is 25.3. The highest BCUT2D eigenvalue weighted by molar-refractivity contribution is 6.23. The van der Waals surface area contributed by atoms with E-state index < -0.39 is 28.8 Å². The summed E-state index contributed by atoms with van der Waals surface area (Å²) in [6.45, 7) is 17.6. The van der Waals surface area contributed by atoms with Crippen LogP contribution in [-0.2, 0) is 15.9 Å². The minimum atomic E-state index is -1.00. The molecule has 0 saturated carbocycles. The molecule has 3 aromatic rings. The van der Waals surface area contributed by atoms with Crippen molar-refractivity contribution in [3.8, 4) is 5.75 Å². The highest BCUT2D eigenvalue weighted by Crippen LogP contribution is 2.38. The molecule has 1 atom stereocenters. The molecule has 0 aliphatic heterocycles. The molecule has 3 rings (SSSR count). The minimum absolute atomic E-state index is 0.276. The van der Waals surface area contributed by atoms with Crippen molar-refractivity contribution in [2.75, 3.05) is 12.0 Å². The predicted octanol–water partition coefficient (Wildman–Crippen LogP) is 6.50. The third kappa shape index (κ3) is 6.88. The molecule has 12 heteroatoms. The number of alkyl halides is 1. The zero-order valence-electron chi connectivity index (χ0n) is 24.5. The molecule has 0 spiro atoms. The maximum Gasteiger partial charge on any atom is 0.427 e. The van der Waals surface area contributed by atoms with E-state index >= 15 is 0 Å². The molecule has 0 fully saturated rings. The second-order valence-corrected chi connectivity index (χ2v) is 11.7. The predicted molar refractivity (Wildman–Crippen MR) is 153 cm³/mol. The van der Waals surface area contributed by atoms with E-state index in [1.807, 2.05) is 13.8 Å². The lowest BCUT2D eigenvalue weighted by Gasteiger charge is -2.27. The van der Waals surface area contributed by atoms with Crippen molar-refractivity contribution in [3.63, 3.8) is 0 Å². The molecular formula is C28H37ClN6O5. The highest BCUT2D eigenvalue weighted by Gasteiger charge is 2.36. The van der Waals surface area contributed by atoms with Crippen molar-refractivity contribution in [3.05, 3.63) is 47.1 Å². The summed E-state index contributed by atoms with van der Waals surface area (Å²) in [6.07, 6.45) is 2.61. The van der Waals surface area contributed by atoms with Gasteiger partial charge in [0.15, 0.2) is 5.65 Å². The first kappa shape index (κ1) is 30.8. The zero-order chi connectivity index (χ0) is 30.0. The Labute approximate surface area is 239 Å². The molecule has 11 nitrogen and oxygen atoms in total. The fraction of sp³-hybridized carbons (Fsp3) is 0.500. The van der Waals surface area contributed by atoms with Gasteiger partial charge in [-0.2, -0.15) is 10.1 Å². The largest absolute Gasteiger partial charge is 0.496 e.